The fourth-order valence-electron chi connectivity index (χ4n) is 1.09. The zero-order chi connectivity index (χ0) is 9.84. The van der Waals surface area contributed by atoms with Gasteiger partial charge in [-0.05, 0) is 12.1 Å². The molecule has 0 aliphatic carbocycles. The molecule has 4 nitrogen and oxygen atoms in total. The normalized spacial score (nSPS) is 10.2. The van der Waals surface area contributed by atoms with Crippen molar-refractivity contribution in [1.82, 2.24) is 0 Å². The molecule has 0 radical (unpaired) electrons. The summed E-state index contributed by atoms with van der Waals surface area (Å²) in [5.74, 6) is 4.99. The van der Waals surface area contributed by atoms with Gasteiger partial charge in [0, 0.05) is 12.6 Å². The van der Waals surface area contributed by atoms with E-state index in [0.29, 0.717) is 5.69 Å². The van der Waals surface area contributed by atoms with Crippen molar-refractivity contribution in [2.24, 2.45) is 5.84 Å². The smallest absolute Gasteiger partial charge is 0.130 e. The van der Waals surface area contributed by atoms with Gasteiger partial charge in [0.15, 0.2) is 0 Å². The minimum Gasteiger partial charge on any atom is -0.314 e. The van der Waals surface area contributed by atoms with Crippen LogP contribution >= 0.6 is 0 Å². The zero-order valence-corrected chi connectivity index (χ0v) is 7.20. The highest BCUT2D eigenvalue weighted by Crippen LogP contribution is 2.20. The molecule has 3 N–H and O–H groups in total. The second kappa shape index (κ2) is 4.18. The first-order valence-corrected chi connectivity index (χ1v) is 3.69. The van der Waals surface area contributed by atoms with Crippen molar-refractivity contribution in [3.8, 4) is 0 Å². The van der Waals surface area contributed by atoms with Gasteiger partial charge in [-0.3, -0.25) is 5.26 Å². The Kier molecular flexibility index (Phi) is 3.18. The van der Waals surface area contributed by atoms with Crippen molar-refractivity contribution in [1.29, 1.82) is 0 Å². The van der Waals surface area contributed by atoms with Gasteiger partial charge >= 0.3 is 0 Å². The van der Waals surface area contributed by atoms with Crippen molar-refractivity contribution < 1.29 is 14.5 Å². The van der Waals surface area contributed by atoms with Gasteiger partial charge in [-0.15, -0.1) is 0 Å². The molecule has 72 valence electrons. The number of benzene rings is 1. The number of nitrogens with zero attached hydrogens (tertiary/aromatic N) is 1. The third-order valence-corrected chi connectivity index (χ3v) is 1.68. The highest BCUT2D eigenvalue weighted by Gasteiger charge is 2.09. The lowest BCUT2D eigenvalue weighted by atomic mass is 10.2. The molecule has 0 saturated carbocycles. The van der Waals surface area contributed by atoms with Gasteiger partial charge in [0.2, 0.25) is 0 Å². The van der Waals surface area contributed by atoms with Crippen molar-refractivity contribution >= 4 is 5.69 Å². The van der Waals surface area contributed by atoms with E-state index < -0.39 is 5.82 Å². The molecule has 0 amide bonds. The predicted octanol–water partition coefficient (Wildman–Crippen LogP) is 1.13. The molecule has 0 atom stereocenters. The summed E-state index contributed by atoms with van der Waals surface area (Å²) in [6.07, 6.45) is 0. The van der Waals surface area contributed by atoms with Crippen LogP contribution in [-0.4, -0.2) is 12.3 Å². The van der Waals surface area contributed by atoms with Crippen LogP contribution in [0.3, 0.4) is 0 Å². The van der Waals surface area contributed by atoms with Gasteiger partial charge in [0.25, 0.3) is 0 Å². The summed E-state index contributed by atoms with van der Waals surface area (Å²) in [5, 5.41) is 9.49. The Morgan fingerprint density at radius 3 is 2.85 bits per heavy atom. The number of rotatable bonds is 3. The molecule has 1 aromatic carbocycles. The van der Waals surface area contributed by atoms with E-state index in [0.717, 1.165) is 0 Å². The standard InChI is InChI=1S/C8H11FN2O2/c1-11(10)8-4-2-3-7(9)6(8)5-13-12/h2-4,12H,5,10H2,1H3. The number of halogens is 1. The summed E-state index contributed by atoms with van der Waals surface area (Å²) >= 11 is 0. The topological polar surface area (TPSA) is 58.7 Å². The number of hydrogen-bond acceptors (Lipinski definition) is 4. The van der Waals surface area contributed by atoms with Crippen LogP contribution in [0.25, 0.3) is 0 Å². The molecule has 5 heteroatoms. The van der Waals surface area contributed by atoms with Gasteiger partial charge in [0.05, 0.1) is 5.69 Å². The van der Waals surface area contributed by atoms with Gasteiger partial charge in [0.1, 0.15) is 12.4 Å². The lowest BCUT2D eigenvalue weighted by Gasteiger charge is -2.16. The Bertz CT molecular complexity index is 291. The van der Waals surface area contributed by atoms with Crippen LogP contribution in [0, 0.1) is 5.82 Å². The van der Waals surface area contributed by atoms with E-state index in [-0.39, 0.29) is 12.2 Å². The summed E-state index contributed by atoms with van der Waals surface area (Å²) in [4.78, 5) is 3.88. The van der Waals surface area contributed by atoms with Gasteiger partial charge in [-0.2, -0.15) is 0 Å². The van der Waals surface area contributed by atoms with Crippen LogP contribution in [0.1, 0.15) is 5.56 Å². The maximum absolute atomic E-state index is 13.1. The Morgan fingerprint density at radius 2 is 2.31 bits per heavy atom. The molecule has 0 bridgehead atoms. The lowest BCUT2D eigenvalue weighted by molar-refractivity contribution is -0.253. The van der Waals surface area contributed by atoms with E-state index in [9.17, 15) is 4.39 Å². The number of anilines is 1. The quantitative estimate of drug-likeness (QED) is 0.422. The van der Waals surface area contributed by atoms with Crippen LogP contribution in [0.2, 0.25) is 0 Å². The summed E-state index contributed by atoms with van der Waals surface area (Å²) in [6, 6.07) is 4.45. The lowest BCUT2D eigenvalue weighted by Crippen LogP contribution is -2.26. The molecule has 0 unspecified atom stereocenters. The predicted molar refractivity (Wildman–Crippen MR) is 46.4 cm³/mol. The highest BCUT2D eigenvalue weighted by atomic mass is 19.1. The first kappa shape index (κ1) is 9.91. The molecule has 0 heterocycles. The van der Waals surface area contributed by atoms with Crippen LogP contribution in [0.4, 0.5) is 10.1 Å². The van der Waals surface area contributed by atoms with Crippen LogP contribution in [0.15, 0.2) is 18.2 Å². The minimum absolute atomic E-state index is 0.219. The summed E-state index contributed by atoms with van der Waals surface area (Å²) in [5.41, 5.74) is 0.712. The van der Waals surface area contributed by atoms with E-state index in [1.165, 1.54) is 17.1 Å². The molecular weight excluding hydrogens is 175 g/mol. The fourth-order valence-corrected chi connectivity index (χ4v) is 1.09. The number of hydrogen-bond donors (Lipinski definition) is 2. The van der Waals surface area contributed by atoms with Gasteiger partial charge < -0.3 is 5.01 Å². The van der Waals surface area contributed by atoms with Crippen LogP contribution in [-0.2, 0) is 11.5 Å². The van der Waals surface area contributed by atoms with Crippen molar-refractivity contribution in [2.45, 2.75) is 6.61 Å². The van der Waals surface area contributed by atoms with Crippen LogP contribution in [0.5, 0.6) is 0 Å². The molecule has 1 rings (SSSR count). The van der Waals surface area contributed by atoms with E-state index in [4.69, 9.17) is 11.1 Å². The van der Waals surface area contributed by atoms with E-state index in [1.54, 1.807) is 13.1 Å². The molecule has 0 aliphatic rings. The van der Waals surface area contributed by atoms with Crippen molar-refractivity contribution in [2.75, 3.05) is 12.1 Å². The van der Waals surface area contributed by atoms with E-state index >= 15 is 0 Å². The average Bonchev–Trinajstić information content (AvgIpc) is 2.08. The fraction of sp³-hybridized carbons (Fsp3) is 0.250. The molecule has 0 spiro atoms. The first-order valence-electron chi connectivity index (χ1n) is 3.69. The number of hydrazine groups is 1. The molecular formula is C8H11FN2O2. The monoisotopic (exact) mass is 186 g/mol. The Labute approximate surface area is 75.2 Å². The molecule has 0 fully saturated rings. The molecule has 0 aliphatic heterocycles. The Morgan fingerprint density at radius 1 is 1.62 bits per heavy atom. The molecule has 13 heavy (non-hydrogen) atoms. The summed E-state index contributed by atoms with van der Waals surface area (Å²) in [6.45, 7) is -0.219. The summed E-state index contributed by atoms with van der Waals surface area (Å²) in [7, 11) is 1.58. The van der Waals surface area contributed by atoms with E-state index in [2.05, 4.69) is 4.89 Å². The Hall–Kier alpha value is -1.17. The van der Waals surface area contributed by atoms with Crippen LogP contribution < -0.4 is 10.9 Å². The molecule has 0 aromatic heterocycles. The number of nitrogens with two attached hydrogens (primary N) is 1. The maximum Gasteiger partial charge on any atom is 0.130 e. The molecule has 0 saturated heterocycles. The second-order valence-electron chi connectivity index (χ2n) is 2.62. The van der Waals surface area contributed by atoms with Crippen molar-refractivity contribution in [3.63, 3.8) is 0 Å². The zero-order valence-electron chi connectivity index (χ0n) is 7.20. The second-order valence-corrected chi connectivity index (χ2v) is 2.62. The summed E-state index contributed by atoms with van der Waals surface area (Å²) < 4.78 is 13.1. The average molecular weight is 186 g/mol. The maximum atomic E-state index is 13.1. The van der Waals surface area contributed by atoms with E-state index in [1.807, 2.05) is 0 Å². The largest absolute Gasteiger partial charge is 0.314 e. The van der Waals surface area contributed by atoms with Crippen molar-refractivity contribution in [3.05, 3.63) is 29.6 Å². The molecule has 1 aromatic rings. The minimum atomic E-state index is -0.455. The first-order chi connectivity index (χ1) is 6.16. The SMILES string of the molecule is CN(N)c1cccc(F)c1COO. The van der Waals surface area contributed by atoms with Gasteiger partial charge in [-0.1, -0.05) is 6.07 Å². The third kappa shape index (κ3) is 2.15. The third-order valence-electron chi connectivity index (χ3n) is 1.68. The van der Waals surface area contributed by atoms with Gasteiger partial charge in [-0.25, -0.2) is 15.1 Å². The Balaban J connectivity index is 3.09. The highest BCUT2D eigenvalue weighted by molar-refractivity contribution is 5.52.